The van der Waals surface area contributed by atoms with Gasteiger partial charge in [0.2, 0.25) is 0 Å². The van der Waals surface area contributed by atoms with Gasteiger partial charge in [-0.1, -0.05) is 23.2 Å². The Kier molecular flexibility index (Phi) is 6.80. The van der Waals surface area contributed by atoms with Crippen molar-refractivity contribution in [1.29, 1.82) is 0 Å². The summed E-state index contributed by atoms with van der Waals surface area (Å²) in [5, 5.41) is 0.530. The molecule has 2 aromatic heterocycles. The number of furan rings is 1. The molecule has 0 radical (unpaired) electrons. The van der Waals surface area contributed by atoms with Crippen molar-refractivity contribution < 1.29 is 45.0 Å². The van der Waals surface area contributed by atoms with Crippen molar-refractivity contribution >= 4 is 22.7 Å². The summed E-state index contributed by atoms with van der Waals surface area (Å²) < 4.78 is 16.2. The average molecular weight is 542 g/mol. The zero-order valence-corrected chi connectivity index (χ0v) is 17.4. The van der Waals surface area contributed by atoms with Crippen molar-refractivity contribution in [1.82, 2.24) is 4.98 Å². The van der Waals surface area contributed by atoms with Crippen LogP contribution in [0.15, 0.2) is 34.9 Å². The predicted octanol–water partition coefficient (Wildman–Crippen LogP) is 4.42. The Morgan fingerprint density at radius 3 is 2.32 bits per heavy atom. The molecule has 0 spiro atoms. The maximum Gasteiger partial charge on any atom is 2.00 e. The third-order valence-corrected chi connectivity index (χ3v) is 3.21. The third kappa shape index (κ3) is 3.60. The van der Waals surface area contributed by atoms with Gasteiger partial charge in [-0.3, -0.25) is 4.98 Å². The van der Waals surface area contributed by atoms with Gasteiger partial charge in [-0.05, 0) is 6.07 Å². The minimum Gasteiger partial charge on any atom is -0.522 e. The van der Waals surface area contributed by atoms with Crippen LogP contribution in [0.3, 0.4) is 0 Å². The van der Waals surface area contributed by atoms with E-state index in [0.717, 1.165) is 5.56 Å². The van der Waals surface area contributed by atoms with Crippen molar-refractivity contribution in [2.24, 2.45) is 0 Å². The summed E-state index contributed by atoms with van der Waals surface area (Å²) in [7, 11) is 3.15. The van der Waals surface area contributed by atoms with Crippen molar-refractivity contribution in [3.8, 4) is 22.8 Å². The van der Waals surface area contributed by atoms with Gasteiger partial charge in [0.15, 0.2) is 5.58 Å². The predicted molar refractivity (Wildman–Crippen MR) is 82.8 cm³/mol. The number of fused-ring (bicyclic) bond motifs is 1. The Balaban J connectivity index is 0.00000121. The van der Waals surface area contributed by atoms with Crippen molar-refractivity contribution in [3.05, 3.63) is 49.0 Å². The van der Waals surface area contributed by atoms with Crippen LogP contribution in [0.4, 0.5) is 0 Å². The summed E-state index contributed by atoms with van der Waals surface area (Å²) in [4.78, 5) is 4.22. The van der Waals surface area contributed by atoms with Crippen molar-refractivity contribution in [3.63, 3.8) is 0 Å². The van der Waals surface area contributed by atoms with Gasteiger partial charge in [-0.15, -0.1) is 12.1 Å². The van der Waals surface area contributed by atoms with Crippen LogP contribution in [-0.4, -0.2) is 19.2 Å². The molecule has 0 N–H and O–H groups in total. The number of pyridine rings is 1. The van der Waals surface area contributed by atoms with Gasteiger partial charge in [-0.2, -0.15) is 0 Å². The summed E-state index contributed by atoms with van der Waals surface area (Å²) >= 11 is 6.09. The maximum atomic E-state index is 6.09. The molecule has 0 bridgehead atoms. The first-order valence-corrected chi connectivity index (χ1v) is 6.29. The van der Waals surface area contributed by atoms with Crippen LogP contribution < -0.4 is 9.47 Å². The van der Waals surface area contributed by atoms with E-state index in [4.69, 9.17) is 25.5 Å². The van der Waals surface area contributed by atoms with Crippen LogP contribution in [0.2, 0.25) is 5.02 Å². The van der Waals surface area contributed by atoms with E-state index < -0.39 is 0 Å². The van der Waals surface area contributed by atoms with Crippen LogP contribution >= 0.6 is 11.6 Å². The smallest absolute Gasteiger partial charge is 0.522 e. The van der Waals surface area contributed by atoms with Crippen LogP contribution in [-0.2, 0) is 0 Å². The molecule has 3 rings (SSSR count). The number of halogens is 1. The Morgan fingerprint density at radius 2 is 1.77 bits per heavy atom. The summed E-state index contributed by atoms with van der Waals surface area (Å²) in [6.45, 7) is 0. The van der Waals surface area contributed by atoms with Gasteiger partial charge in [-0.25, -0.2) is 0 Å². The monoisotopic (exact) mass is 541 g/mol. The van der Waals surface area contributed by atoms with Gasteiger partial charge in [0.1, 0.15) is 11.3 Å². The van der Waals surface area contributed by atoms with Gasteiger partial charge < -0.3 is 21.3 Å². The average Bonchev–Trinajstić information content (AvgIpc) is 2.92. The van der Waals surface area contributed by atoms with E-state index in [9.17, 15) is 0 Å². The number of ether oxygens (including phenoxy) is 2. The van der Waals surface area contributed by atoms with E-state index in [0.29, 0.717) is 33.4 Å². The molecule has 6 heteroatoms. The Morgan fingerprint density at radius 1 is 1.14 bits per heavy atom. The van der Waals surface area contributed by atoms with E-state index >= 15 is 0 Å². The molecule has 0 aliphatic carbocycles. The second kappa shape index (κ2) is 7.92. The summed E-state index contributed by atoms with van der Waals surface area (Å²) in [5.74, 6) is 1.78. The molecular weight excluding hydrogens is 528 g/mol. The molecule has 0 amide bonds. The van der Waals surface area contributed by atoms with Crippen LogP contribution in [0, 0.1) is 44.6 Å². The van der Waals surface area contributed by atoms with E-state index in [-0.39, 0.29) is 38.5 Å². The first-order valence-electron chi connectivity index (χ1n) is 5.91. The minimum absolute atomic E-state index is 0. The second-order valence-corrected chi connectivity index (χ2v) is 4.53. The quantitative estimate of drug-likeness (QED) is 0.461. The molecule has 112 valence electrons. The molecule has 0 fully saturated rings. The van der Waals surface area contributed by atoms with Crippen molar-refractivity contribution in [2.75, 3.05) is 14.2 Å². The molecular formula is C16H14ClNO3U. The molecule has 1 aromatic carbocycles. The zero-order chi connectivity index (χ0) is 14.1. The van der Waals surface area contributed by atoms with E-state index in [2.05, 4.69) is 11.1 Å². The molecule has 2 heterocycles. The summed E-state index contributed by atoms with van der Waals surface area (Å²) in [6, 6.07) is 10.1. The first-order chi connectivity index (χ1) is 9.71. The van der Waals surface area contributed by atoms with Crippen LogP contribution in [0.1, 0.15) is 0 Å². The summed E-state index contributed by atoms with van der Waals surface area (Å²) in [6.07, 6.45) is 1.64. The fourth-order valence-corrected chi connectivity index (χ4v) is 2.12. The molecule has 3 aromatic rings. The summed E-state index contributed by atoms with van der Waals surface area (Å²) in [5.41, 5.74) is 2.08. The second-order valence-electron chi connectivity index (χ2n) is 4.12. The van der Waals surface area contributed by atoms with E-state index in [1.54, 1.807) is 26.5 Å². The van der Waals surface area contributed by atoms with E-state index in [1.165, 1.54) is 0 Å². The minimum atomic E-state index is 0. The number of hydrogen-bond acceptors (Lipinski definition) is 4. The van der Waals surface area contributed by atoms with Gasteiger partial charge >= 0.3 is 31.1 Å². The SMILES string of the molecule is COc1[c-]c(OC)cc(-c2cc3nccc(Cl)c3o2)c1.[CH3-].[U+2]. The van der Waals surface area contributed by atoms with Gasteiger partial charge in [0.25, 0.3) is 0 Å². The molecule has 22 heavy (non-hydrogen) atoms. The molecule has 0 aliphatic rings. The molecule has 0 atom stereocenters. The number of benzene rings is 1. The Hall–Kier alpha value is -1.15. The molecule has 4 nitrogen and oxygen atoms in total. The van der Waals surface area contributed by atoms with Gasteiger partial charge in [0.05, 0.1) is 19.2 Å². The number of hydrogen-bond donors (Lipinski definition) is 0. The molecule has 0 saturated heterocycles. The van der Waals surface area contributed by atoms with Crippen molar-refractivity contribution in [2.45, 2.75) is 0 Å². The Bertz CT molecular complexity index is 751. The molecule has 0 unspecified atom stereocenters. The van der Waals surface area contributed by atoms with Crippen LogP contribution in [0.5, 0.6) is 11.5 Å². The Labute approximate surface area is 158 Å². The maximum absolute atomic E-state index is 6.09. The van der Waals surface area contributed by atoms with E-state index in [1.807, 2.05) is 18.2 Å². The number of rotatable bonds is 3. The topological polar surface area (TPSA) is 44.5 Å². The third-order valence-electron chi connectivity index (χ3n) is 2.91. The normalized spacial score (nSPS) is 9.77. The zero-order valence-electron chi connectivity index (χ0n) is 12.4. The number of aromatic nitrogens is 1. The molecule has 0 saturated carbocycles. The fraction of sp³-hybridized carbons (Fsp3) is 0.125. The van der Waals surface area contributed by atoms with Crippen LogP contribution in [0.25, 0.3) is 22.4 Å². The molecule has 0 aliphatic heterocycles. The standard InChI is InChI=1S/C15H11ClNO3.CH3.U/c1-18-10-5-9(6-11(7-10)19-2)14-8-13-15(20-14)12(16)3-4-17-13;;/h3-6,8H,1-2H3;1H3;/q2*-1;+2. The van der Waals surface area contributed by atoms with Gasteiger partial charge in [0, 0.05) is 23.8 Å². The largest absolute Gasteiger partial charge is 2.00 e. The first kappa shape index (κ1) is 18.9. The number of nitrogens with zero attached hydrogens (tertiary/aromatic N) is 1. The fourth-order valence-electron chi connectivity index (χ4n) is 1.93. The number of methoxy groups -OCH3 is 2.